The van der Waals surface area contributed by atoms with Gasteiger partial charge in [-0.2, -0.15) is 0 Å². The van der Waals surface area contributed by atoms with Gasteiger partial charge < -0.3 is 15.5 Å². The average Bonchev–Trinajstić information content (AvgIpc) is 2.41. The van der Waals surface area contributed by atoms with E-state index in [0.29, 0.717) is 12.1 Å². The Bertz CT molecular complexity index is 432. The zero-order valence-corrected chi connectivity index (χ0v) is 12.4. The molecule has 0 amide bonds. The lowest BCUT2D eigenvalue weighted by atomic mass is 10.0. The third-order valence-corrected chi connectivity index (χ3v) is 3.37. The average molecular weight is 279 g/mol. The highest BCUT2D eigenvalue weighted by Gasteiger charge is 2.22. The maximum absolute atomic E-state index is 11.4. The molecule has 0 aliphatic rings. The summed E-state index contributed by atoms with van der Waals surface area (Å²) in [5.74, 6) is -0.930. The maximum Gasteiger partial charge on any atom is 0.325 e. The summed E-state index contributed by atoms with van der Waals surface area (Å²) < 4.78 is 0. The molecule has 0 aliphatic carbocycles. The van der Waals surface area contributed by atoms with E-state index in [1.807, 2.05) is 6.92 Å². The molecule has 0 aromatic heterocycles. The summed E-state index contributed by atoms with van der Waals surface area (Å²) in [7, 11) is 0. The van der Waals surface area contributed by atoms with Crippen LogP contribution in [0.2, 0.25) is 0 Å². The van der Waals surface area contributed by atoms with Crippen LogP contribution in [0.5, 0.6) is 5.75 Å². The Morgan fingerprint density at radius 1 is 1.25 bits per heavy atom. The number of phenols is 1. The lowest BCUT2D eigenvalue weighted by molar-refractivity contribution is -0.139. The fourth-order valence-electron chi connectivity index (χ4n) is 2.21. The molecule has 3 N–H and O–H groups in total. The first-order valence-electron chi connectivity index (χ1n) is 7.32. The van der Waals surface area contributed by atoms with Crippen molar-refractivity contribution in [2.45, 2.75) is 52.0 Å². The van der Waals surface area contributed by atoms with Crippen molar-refractivity contribution in [3.05, 3.63) is 29.3 Å². The number of carboxylic acid groups (broad SMARTS) is 1. The number of benzene rings is 1. The highest BCUT2D eigenvalue weighted by atomic mass is 16.4. The Hall–Kier alpha value is -1.55. The number of unbranched alkanes of at least 4 members (excludes halogenated alkanes) is 4. The molecule has 0 spiro atoms. The highest BCUT2D eigenvalue weighted by molar-refractivity contribution is 5.76. The van der Waals surface area contributed by atoms with E-state index in [1.165, 1.54) is 19.3 Å². The van der Waals surface area contributed by atoms with Gasteiger partial charge in [0.2, 0.25) is 0 Å². The summed E-state index contributed by atoms with van der Waals surface area (Å²) in [5.41, 5.74) is 1.37. The van der Waals surface area contributed by atoms with Gasteiger partial charge in [-0.25, -0.2) is 0 Å². The predicted octanol–water partition coefficient (Wildman–Crippen LogP) is 3.39. The van der Waals surface area contributed by atoms with Crippen LogP contribution in [0.1, 0.15) is 56.2 Å². The fourth-order valence-corrected chi connectivity index (χ4v) is 2.21. The summed E-state index contributed by atoms with van der Waals surface area (Å²) in [6, 6.07) is 4.19. The van der Waals surface area contributed by atoms with Gasteiger partial charge >= 0.3 is 5.97 Å². The molecule has 0 aliphatic heterocycles. The van der Waals surface area contributed by atoms with E-state index in [1.54, 1.807) is 18.2 Å². The number of carbonyl (C=O) groups is 1. The molecule has 112 valence electrons. The molecule has 0 heterocycles. The third-order valence-electron chi connectivity index (χ3n) is 3.37. The van der Waals surface area contributed by atoms with Crippen LogP contribution in [0.4, 0.5) is 0 Å². The molecule has 20 heavy (non-hydrogen) atoms. The molecule has 4 heteroatoms. The van der Waals surface area contributed by atoms with Gasteiger partial charge in [0.25, 0.3) is 0 Å². The van der Waals surface area contributed by atoms with E-state index in [4.69, 9.17) is 0 Å². The number of aryl methyl sites for hydroxylation is 1. The van der Waals surface area contributed by atoms with Crippen molar-refractivity contribution in [1.82, 2.24) is 5.32 Å². The number of phenolic OH excluding ortho intramolecular Hbond substituents is 1. The number of hydrogen-bond acceptors (Lipinski definition) is 3. The van der Waals surface area contributed by atoms with Gasteiger partial charge in [-0.1, -0.05) is 50.3 Å². The Balaban J connectivity index is 2.57. The van der Waals surface area contributed by atoms with Crippen molar-refractivity contribution < 1.29 is 15.0 Å². The van der Waals surface area contributed by atoms with Crippen molar-refractivity contribution in [3.8, 4) is 5.75 Å². The van der Waals surface area contributed by atoms with Crippen LogP contribution in [0, 0.1) is 6.92 Å². The van der Waals surface area contributed by atoms with Crippen LogP contribution in [-0.2, 0) is 4.79 Å². The summed E-state index contributed by atoms with van der Waals surface area (Å²) in [6.45, 7) is 4.69. The monoisotopic (exact) mass is 279 g/mol. The van der Waals surface area contributed by atoms with Gasteiger partial charge in [-0.15, -0.1) is 0 Å². The molecule has 1 aromatic carbocycles. The molecule has 0 saturated heterocycles. The van der Waals surface area contributed by atoms with Crippen LogP contribution >= 0.6 is 0 Å². The van der Waals surface area contributed by atoms with Crippen LogP contribution in [0.15, 0.2) is 18.2 Å². The van der Waals surface area contributed by atoms with Crippen LogP contribution in [-0.4, -0.2) is 22.7 Å². The quantitative estimate of drug-likeness (QED) is 0.606. The minimum atomic E-state index is -0.959. The van der Waals surface area contributed by atoms with Crippen molar-refractivity contribution in [2.75, 3.05) is 6.54 Å². The lowest BCUT2D eigenvalue weighted by Gasteiger charge is -2.16. The van der Waals surface area contributed by atoms with Crippen molar-refractivity contribution in [2.24, 2.45) is 0 Å². The third kappa shape index (κ3) is 5.21. The Morgan fingerprint density at radius 3 is 2.60 bits per heavy atom. The normalized spacial score (nSPS) is 12.3. The van der Waals surface area contributed by atoms with Gasteiger partial charge in [0.1, 0.15) is 11.8 Å². The fraction of sp³-hybridized carbons (Fsp3) is 0.562. The van der Waals surface area contributed by atoms with E-state index in [-0.39, 0.29) is 5.75 Å². The molecule has 0 bridgehead atoms. The molecular weight excluding hydrogens is 254 g/mol. The Kier molecular flexibility index (Phi) is 7.09. The summed E-state index contributed by atoms with van der Waals surface area (Å²) in [5, 5.41) is 22.2. The first-order valence-corrected chi connectivity index (χ1v) is 7.32. The van der Waals surface area contributed by atoms with E-state index in [2.05, 4.69) is 12.2 Å². The van der Waals surface area contributed by atoms with E-state index in [0.717, 1.165) is 18.4 Å². The second-order valence-corrected chi connectivity index (χ2v) is 5.20. The smallest absolute Gasteiger partial charge is 0.325 e. The lowest BCUT2D eigenvalue weighted by Crippen LogP contribution is -2.29. The minimum absolute atomic E-state index is 0.0292. The second kappa shape index (κ2) is 8.59. The topological polar surface area (TPSA) is 69.6 Å². The molecule has 4 nitrogen and oxygen atoms in total. The van der Waals surface area contributed by atoms with E-state index < -0.39 is 12.0 Å². The van der Waals surface area contributed by atoms with E-state index in [9.17, 15) is 15.0 Å². The number of nitrogens with one attached hydrogen (secondary N) is 1. The molecule has 1 rings (SSSR count). The molecule has 1 aromatic rings. The largest absolute Gasteiger partial charge is 0.508 e. The molecule has 0 saturated carbocycles. The number of hydrogen-bond donors (Lipinski definition) is 3. The SMILES string of the molecule is CCCCCCCNC(C(=O)O)c1cc(C)ccc1O. The molecular formula is C16H25NO3. The number of aliphatic carboxylic acids is 1. The van der Waals surface area contributed by atoms with Crippen molar-refractivity contribution >= 4 is 5.97 Å². The van der Waals surface area contributed by atoms with Crippen LogP contribution in [0.25, 0.3) is 0 Å². The zero-order valence-electron chi connectivity index (χ0n) is 12.4. The first kappa shape index (κ1) is 16.5. The molecule has 1 unspecified atom stereocenters. The Morgan fingerprint density at radius 2 is 1.95 bits per heavy atom. The number of aromatic hydroxyl groups is 1. The van der Waals surface area contributed by atoms with E-state index >= 15 is 0 Å². The Labute approximate surface area is 120 Å². The standard InChI is InChI=1S/C16H25NO3/c1-3-4-5-6-7-10-17-15(16(19)20)13-11-12(2)8-9-14(13)18/h8-9,11,15,17-18H,3-7,10H2,1-2H3,(H,19,20). The second-order valence-electron chi connectivity index (χ2n) is 5.20. The predicted molar refractivity (Wildman–Crippen MR) is 80.0 cm³/mol. The molecule has 1 atom stereocenters. The molecule has 0 radical (unpaired) electrons. The van der Waals surface area contributed by atoms with Gasteiger partial charge in [-0.05, 0) is 26.0 Å². The van der Waals surface area contributed by atoms with Crippen LogP contribution < -0.4 is 5.32 Å². The van der Waals surface area contributed by atoms with Gasteiger partial charge in [0, 0.05) is 5.56 Å². The summed E-state index contributed by atoms with van der Waals surface area (Å²) in [6.07, 6.45) is 5.67. The van der Waals surface area contributed by atoms with Gasteiger partial charge in [-0.3, -0.25) is 4.79 Å². The highest BCUT2D eigenvalue weighted by Crippen LogP contribution is 2.25. The maximum atomic E-state index is 11.4. The zero-order chi connectivity index (χ0) is 15.0. The molecule has 0 fully saturated rings. The summed E-state index contributed by atoms with van der Waals surface area (Å²) in [4.78, 5) is 11.4. The number of carboxylic acids is 1. The van der Waals surface area contributed by atoms with Crippen LogP contribution in [0.3, 0.4) is 0 Å². The van der Waals surface area contributed by atoms with Crippen molar-refractivity contribution in [3.63, 3.8) is 0 Å². The van der Waals surface area contributed by atoms with Gasteiger partial charge in [0.15, 0.2) is 0 Å². The summed E-state index contributed by atoms with van der Waals surface area (Å²) >= 11 is 0. The minimum Gasteiger partial charge on any atom is -0.508 e. The first-order chi connectivity index (χ1) is 9.56. The van der Waals surface area contributed by atoms with Crippen molar-refractivity contribution in [1.29, 1.82) is 0 Å². The van der Waals surface area contributed by atoms with Gasteiger partial charge in [0.05, 0.1) is 0 Å². The number of rotatable bonds is 9.